The maximum Gasteiger partial charge on any atom is 0.289 e. The van der Waals surface area contributed by atoms with Crippen molar-refractivity contribution in [3.8, 4) is 0 Å². The third kappa shape index (κ3) is 3.88. The van der Waals surface area contributed by atoms with E-state index >= 15 is 0 Å². The van der Waals surface area contributed by atoms with E-state index in [0.29, 0.717) is 11.8 Å². The zero-order chi connectivity index (χ0) is 18.0. The number of hydrogen-bond donors (Lipinski definition) is 1. The van der Waals surface area contributed by atoms with E-state index in [1.165, 1.54) is 11.1 Å². The molecule has 0 radical (unpaired) electrons. The Kier molecular flexibility index (Phi) is 5.45. The number of amides is 1. The zero-order valence-corrected chi connectivity index (χ0v) is 15.4. The van der Waals surface area contributed by atoms with Crippen LogP contribution in [0, 0.1) is 13.8 Å². The summed E-state index contributed by atoms with van der Waals surface area (Å²) in [7, 11) is 2.10. The summed E-state index contributed by atoms with van der Waals surface area (Å²) in [5, 5.41) is 9.95. The van der Waals surface area contributed by atoms with Crippen LogP contribution < -0.4 is 0 Å². The number of fused-ring (bicyclic) bond motifs is 1. The van der Waals surface area contributed by atoms with Gasteiger partial charge in [0, 0.05) is 37.7 Å². The molecule has 5 nitrogen and oxygen atoms in total. The van der Waals surface area contributed by atoms with E-state index in [1.54, 1.807) is 0 Å². The Bertz CT molecular complexity index is 706. The third-order valence-corrected chi connectivity index (χ3v) is 5.39. The van der Waals surface area contributed by atoms with Gasteiger partial charge in [-0.05, 0) is 69.5 Å². The summed E-state index contributed by atoms with van der Waals surface area (Å²) in [6.45, 7) is 6.76. The molecule has 0 bridgehead atoms. The largest absolute Gasteiger partial charge is 0.451 e. The van der Waals surface area contributed by atoms with Crippen LogP contribution in [0.15, 0.2) is 22.6 Å². The van der Waals surface area contributed by atoms with Gasteiger partial charge in [-0.25, -0.2) is 0 Å². The number of nitrogens with zero attached hydrogens (tertiary/aromatic N) is 2. The van der Waals surface area contributed by atoms with Crippen LogP contribution in [0.1, 0.15) is 40.9 Å². The molecule has 1 aromatic carbocycles. The molecule has 136 valence electrons. The number of rotatable bonds is 5. The fourth-order valence-corrected chi connectivity index (χ4v) is 3.58. The van der Waals surface area contributed by atoms with Crippen molar-refractivity contribution >= 4 is 16.9 Å². The molecule has 0 spiro atoms. The Morgan fingerprint density at radius 3 is 2.60 bits per heavy atom. The zero-order valence-electron chi connectivity index (χ0n) is 15.4. The minimum absolute atomic E-state index is 0.0111. The average Bonchev–Trinajstić information content (AvgIpc) is 3.02. The molecular weight excluding hydrogens is 316 g/mol. The van der Waals surface area contributed by atoms with E-state index in [4.69, 9.17) is 9.52 Å². The number of furan rings is 1. The van der Waals surface area contributed by atoms with Gasteiger partial charge < -0.3 is 19.3 Å². The number of benzene rings is 1. The first-order chi connectivity index (χ1) is 12.0. The Labute approximate surface area is 149 Å². The minimum Gasteiger partial charge on any atom is -0.451 e. The van der Waals surface area contributed by atoms with Gasteiger partial charge in [-0.1, -0.05) is 0 Å². The number of aryl methyl sites for hydroxylation is 2. The van der Waals surface area contributed by atoms with Crippen molar-refractivity contribution in [3.63, 3.8) is 0 Å². The van der Waals surface area contributed by atoms with Gasteiger partial charge in [-0.2, -0.15) is 0 Å². The van der Waals surface area contributed by atoms with E-state index in [0.717, 1.165) is 49.9 Å². The van der Waals surface area contributed by atoms with Crippen LogP contribution in [0.3, 0.4) is 0 Å². The highest BCUT2D eigenvalue weighted by molar-refractivity contribution is 5.96. The standard InChI is InChI=1S/C20H28N2O3/c1-14-11-16-13-19(25-18(16)12-15(14)2)20(24)22-8-5-17(6-9-22)21(3)7-4-10-23/h11-13,17,23H,4-10H2,1-3H3. The second-order valence-corrected chi connectivity index (χ2v) is 7.17. The molecule has 1 aliphatic heterocycles. The molecule has 3 rings (SSSR count). The van der Waals surface area contributed by atoms with Crippen LogP contribution >= 0.6 is 0 Å². The lowest BCUT2D eigenvalue weighted by molar-refractivity contribution is 0.0613. The first-order valence-corrected chi connectivity index (χ1v) is 9.10. The fraction of sp³-hybridized carbons (Fsp3) is 0.550. The molecule has 2 aromatic rings. The molecule has 1 saturated heterocycles. The number of piperidine rings is 1. The van der Waals surface area contributed by atoms with Gasteiger partial charge in [0.2, 0.25) is 0 Å². The lowest BCUT2D eigenvalue weighted by atomic mass is 10.0. The molecular formula is C20H28N2O3. The van der Waals surface area contributed by atoms with Gasteiger partial charge in [-0.3, -0.25) is 4.79 Å². The van der Waals surface area contributed by atoms with Crippen LogP contribution in [-0.2, 0) is 0 Å². The van der Waals surface area contributed by atoms with Crippen LogP contribution in [0.25, 0.3) is 11.0 Å². The van der Waals surface area contributed by atoms with Gasteiger partial charge in [0.25, 0.3) is 5.91 Å². The lowest BCUT2D eigenvalue weighted by Crippen LogP contribution is -2.45. The summed E-state index contributed by atoms with van der Waals surface area (Å²) in [6.07, 6.45) is 2.73. The van der Waals surface area contributed by atoms with Crippen LogP contribution in [0.4, 0.5) is 0 Å². The predicted octanol–water partition coefficient (Wildman–Crippen LogP) is 2.97. The van der Waals surface area contributed by atoms with E-state index in [9.17, 15) is 4.79 Å². The van der Waals surface area contributed by atoms with Gasteiger partial charge in [-0.15, -0.1) is 0 Å². The van der Waals surface area contributed by atoms with Crippen LogP contribution in [0.5, 0.6) is 0 Å². The summed E-state index contributed by atoms with van der Waals surface area (Å²) in [5.74, 6) is 0.426. The van der Waals surface area contributed by atoms with Gasteiger partial charge in [0.15, 0.2) is 5.76 Å². The molecule has 0 unspecified atom stereocenters. The molecule has 25 heavy (non-hydrogen) atoms. The van der Waals surface area contributed by atoms with Crippen molar-refractivity contribution in [1.82, 2.24) is 9.80 Å². The minimum atomic E-state index is -0.0111. The van der Waals surface area contributed by atoms with Crippen molar-refractivity contribution < 1.29 is 14.3 Å². The van der Waals surface area contributed by atoms with Crippen molar-refractivity contribution in [2.75, 3.05) is 33.3 Å². The summed E-state index contributed by atoms with van der Waals surface area (Å²) in [5.41, 5.74) is 3.16. The molecule has 1 aliphatic rings. The highest BCUT2D eigenvalue weighted by Crippen LogP contribution is 2.25. The van der Waals surface area contributed by atoms with Crippen molar-refractivity contribution in [2.45, 2.75) is 39.2 Å². The van der Waals surface area contributed by atoms with E-state index in [2.05, 4.69) is 31.9 Å². The first kappa shape index (κ1) is 18.0. The van der Waals surface area contributed by atoms with Gasteiger partial charge in [0.05, 0.1) is 0 Å². The van der Waals surface area contributed by atoms with E-state index < -0.39 is 0 Å². The monoisotopic (exact) mass is 344 g/mol. The molecule has 5 heteroatoms. The Hall–Kier alpha value is -1.85. The highest BCUT2D eigenvalue weighted by Gasteiger charge is 2.27. The molecule has 1 N–H and O–H groups in total. The molecule has 1 fully saturated rings. The molecule has 0 atom stereocenters. The number of aliphatic hydroxyl groups excluding tert-OH is 1. The van der Waals surface area contributed by atoms with Crippen molar-refractivity contribution in [1.29, 1.82) is 0 Å². The highest BCUT2D eigenvalue weighted by atomic mass is 16.3. The van der Waals surface area contributed by atoms with Crippen molar-refractivity contribution in [3.05, 3.63) is 35.1 Å². The summed E-state index contributed by atoms with van der Waals surface area (Å²) in [4.78, 5) is 17.0. The second-order valence-electron chi connectivity index (χ2n) is 7.17. The summed E-state index contributed by atoms with van der Waals surface area (Å²) < 4.78 is 5.82. The third-order valence-electron chi connectivity index (χ3n) is 5.39. The van der Waals surface area contributed by atoms with E-state index in [-0.39, 0.29) is 12.5 Å². The molecule has 1 aromatic heterocycles. The summed E-state index contributed by atoms with van der Waals surface area (Å²) in [6, 6.07) is 6.43. The Balaban J connectivity index is 1.64. The van der Waals surface area contributed by atoms with Gasteiger partial charge >= 0.3 is 0 Å². The number of hydrogen-bond acceptors (Lipinski definition) is 4. The Morgan fingerprint density at radius 2 is 1.92 bits per heavy atom. The van der Waals surface area contributed by atoms with Crippen LogP contribution in [-0.4, -0.2) is 60.1 Å². The smallest absolute Gasteiger partial charge is 0.289 e. The molecule has 0 saturated carbocycles. The molecule has 0 aliphatic carbocycles. The number of carbonyl (C=O) groups is 1. The topological polar surface area (TPSA) is 56.9 Å². The Morgan fingerprint density at radius 1 is 1.24 bits per heavy atom. The lowest BCUT2D eigenvalue weighted by Gasteiger charge is -2.36. The maximum absolute atomic E-state index is 12.8. The quantitative estimate of drug-likeness (QED) is 0.906. The fourth-order valence-electron chi connectivity index (χ4n) is 3.58. The number of aliphatic hydroxyl groups is 1. The number of likely N-dealkylation sites (tertiary alicyclic amines) is 1. The normalized spacial score (nSPS) is 16.1. The predicted molar refractivity (Wildman–Crippen MR) is 98.9 cm³/mol. The second kappa shape index (κ2) is 7.58. The van der Waals surface area contributed by atoms with Crippen molar-refractivity contribution in [2.24, 2.45) is 0 Å². The molecule has 1 amide bonds. The summed E-state index contributed by atoms with van der Waals surface area (Å²) >= 11 is 0. The van der Waals surface area contributed by atoms with Gasteiger partial charge in [0.1, 0.15) is 5.58 Å². The van der Waals surface area contributed by atoms with Crippen LogP contribution in [0.2, 0.25) is 0 Å². The SMILES string of the molecule is Cc1cc2cc(C(=O)N3CCC(N(C)CCCO)CC3)oc2cc1C. The number of carbonyl (C=O) groups excluding carboxylic acids is 1. The molecule has 2 heterocycles. The average molecular weight is 344 g/mol. The first-order valence-electron chi connectivity index (χ1n) is 9.10. The van der Waals surface area contributed by atoms with E-state index in [1.807, 2.05) is 17.0 Å². The maximum atomic E-state index is 12.8.